The number of benzene rings is 1. The van der Waals surface area contributed by atoms with E-state index in [0.29, 0.717) is 0 Å². The molecule has 0 saturated heterocycles. The molecule has 0 saturated carbocycles. The first-order valence-electron chi connectivity index (χ1n) is 7.11. The van der Waals surface area contributed by atoms with Gasteiger partial charge in [-0.25, -0.2) is 4.98 Å². The second kappa shape index (κ2) is 7.78. The molecule has 3 nitrogen and oxygen atoms in total. The van der Waals surface area contributed by atoms with Crippen molar-refractivity contribution in [3.05, 3.63) is 44.9 Å². The van der Waals surface area contributed by atoms with Gasteiger partial charge in [-0.2, -0.15) is 0 Å². The molecule has 0 spiro atoms. The van der Waals surface area contributed by atoms with Crippen LogP contribution in [0.15, 0.2) is 23.6 Å². The van der Waals surface area contributed by atoms with E-state index in [9.17, 15) is 0 Å². The van der Waals surface area contributed by atoms with Crippen molar-refractivity contribution in [2.45, 2.75) is 32.7 Å². The summed E-state index contributed by atoms with van der Waals surface area (Å²) < 4.78 is 5.44. The van der Waals surface area contributed by atoms with Gasteiger partial charge in [-0.1, -0.05) is 18.5 Å². The molecule has 21 heavy (non-hydrogen) atoms. The van der Waals surface area contributed by atoms with Crippen LogP contribution >= 0.6 is 22.9 Å². The topological polar surface area (TPSA) is 34.1 Å². The van der Waals surface area contributed by atoms with E-state index in [4.69, 9.17) is 16.3 Å². The maximum Gasteiger partial charge on any atom is 0.122 e. The Morgan fingerprint density at radius 2 is 2.24 bits per heavy atom. The van der Waals surface area contributed by atoms with Gasteiger partial charge in [0.05, 0.1) is 23.9 Å². The van der Waals surface area contributed by atoms with Gasteiger partial charge in [-0.15, -0.1) is 11.3 Å². The van der Waals surface area contributed by atoms with Crippen LogP contribution in [0.2, 0.25) is 5.02 Å². The third kappa shape index (κ3) is 4.43. The number of aromatic nitrogens is 1. The van der Waals surface area contributed by atoms with E-state index in [1.165, 1.54) is 0 Å². The van der Waals surface area contributed by atoms with Crippen LogP contribution in [0.25, 0.3) is 0 Å². The van der Waals surface area contributed by atoms with Crippen molar-refractivity contribution in [2.24, 2.45) is 0 Å². The standard InChI is InChI=1S/C16H21ClN2OS/c1-4-7-18-14(15-10-21-11(2)19-15)9-12-8-13(17)5-6-16(12)20-3/h5-6,8,10,14,18H,4,7,9H2,1-3H3. The Kier molecular flexibility index (Phi) is 6.03. The Labute approximate surface area is 135 Å². The van der Waals surface area contributed by atoms with Crippen LogP contribution in [-0.4, -0.2) is 18.6 Å². The molecule has 0 aliphatic rings. The van der Waals surface area contributed by atoms with Crippen LogP contribution < -0.4 is 10.1 Å². The van der Waals surface area contributed by atoms with Crippen molar-refractivity contribution in [1.29, 1.82) is 0 Å². The molecule has 2 rings (SSSR count). The molecule has 2 aromatic rings. The number of methoxy groups -OCH3 is 1. The average molecular weight is 325 g/mol. The van der Waals surface area contributed by atoms with Gasteiger partial charge in [-0.3, -0.25) is 0 Å². The molecule has 1 unspecified atom stereocenters. The lowest BCUT2D eigenvalue weighted by Crippen LogP contribution is -2.24. The molecule has 0 bridgehead atoms. The fourth-order valence-electron chi connectivity index (χ4n) is 2.27. The first-order valence-corrected chi connectivity index (χ1v) is 8.37. The van der Waals surface area contributed by atoms with Gasteiger partial charge in [0.25, 0.3) is 0 Å². The van der Waals surface area contributed by atoms with E-state index in [0.717, 1.165) is 46.4 Å². The Morgan fingerprint density at radius 3 is 2.86 bits per heavy atom. The van der Waals surface area contributed by atoms with Gasteiger partial charge in [-0.05, 0) is 50.1 Å². The summed E-state index contributed by atoms with van der Waals surface area (Å²) in [5.41, 5.74) is 2.19. The Morgan fingerprint density at radius 1 is 1.43 bits per heavy atom. The minimum absolute atomic E-state index is 0.183. The molecular formula is C16H21ClN2OS. The van der Waals surface area contributed by atoms with E-state index in [2.05, 4.69) is 22.6 Å². The fourth-order valence-corrected chi connectivity index (χ4v) is 3.13. The van der Waals surface area contributed by atoms with Crippen molar-refractivity contribution in [1.82, 2.24) is 10.3 Å². The molecule has 1 heterocycles. The highest BCUT2D eigenvalue weighted by atomic mass is 35.5. The van der Waals surface area contributed by atoms with Crippen LogP contribution in [0, 0.1) is 6.92 Å². The van der Waals surface area contributed by atoms with Gasteiger partial charge in [0.1, 0.15) is 5.75 Å². The number of nitrogens with one attached hydrogen (secondary N) is 1. The second-order valence-electron chi connectivity index (χ2n) is 4.96. The summed E-state index contributed by atoms with van der Waals surface area (Å²) in [7, 11) is 1.69. The zero-order chi connectivity index (χ0) is 15.2. The number of rotatable bonds is 7. The molecule has 0 aliphatic heterocycles. The molecule has 1 aromatic carbocycles. The van der Waals surface area contributed by atoms with E-state index in [1.807, 2.05) is 25.1 Å². The minimum Gasteiger partial charge on any atom is -0.496 e. The SMILES string of the molecule is CCCNC(Cc1cc(Cl)ccc1OC)c1csc(C)n1. The predicted octanol–water partition coefficient (Wildman–Crippen LogP) is 4.40. The highest BCUT2D eigenvalue weighted by molar-refractivity contribution is 7.09. The molecule has 1 aromatic heterocycles. The normalized spacial score (nSPS) is 12.4. The number of thiazole rings is 1. The van der Waals surface area contributed by atoms with Gasteiger partial charge in [0.2, 0.25) is 0 Å². The van der Waals surface area contributed by atoms with Crippen LogP contribution in [-0.2, 0) is 6.42 Å². The van der Waals surface area contributed by atoms with E-state index in [1.54, 1.807) is 18.4 Å². The number of aryl methyl sites for hydroxylation is 1. The molecule has 0 fully saturated rings. The van der Waals surface area contributed by atoms with Crippen molar-refractivity contribution in [2.75, 3.05) is 13.7 Å². The number of nitrogens with zero attached hydrogens (tertiary/aromatic N) is 1. The summed E-state index contributed by atoms with van der Waals surface area (Å²) in [6.07, 6.45) is 1.90. The van der Waals surface area contributed by atoms with E-state index >= 15 is 0 Å². The Hall–Kier alpha value is -1.10. The second-order valence-corrected chi connectivity index (χ2v) is 6.46. The first-order chi connectivity index (χ1) is 10.1. The molecule has 1 N–H and O–H groups in total. The molecule has 114 valence electrons. The lowest BCUT2D eigenvalue weighted by atomic mass is 10.0. The maximum absolute atomic E-state index is 6.12. The highest BCUT2D eigenvalue weighted by Gasteiger charge is 2.17. The maximum atomic E-state index is 6.12. The van der Waals surface area contributed by atoms with Gasteiger partial charge >= 0.3 is 0 Å². The third-order valence-corrected chi connectivity index (χ3v) is 4.33. The zero-order valence-corrected chi connectivity index (χ0v) is 14.2. The van der Waals surface area contributed by atoms with Crippen LogP contribution in [0.1, 0.15) is 35.7 Å². The average Bonchev–Trinajstić information content (AvgIpc) is 2.90. The monoisotopic (exact) mass is 324 g/mol. The van der Waals surface area contributed by atoms with Crippen molar-refractivity contribution >= 4 is 22.9 Å². The number of halogens is 1. The number of hydrogen-bond acceptors (Lipinski definition) is 4. The zero-order valence-electron chi connectivity index (χ0n) is 12.6. The largest absolute Gasteiger partial charge is 0.496 e. The summed E-state index contributed by atoms with van der Waals surface area (Å²) in [4.78, 5) is 4.62. The van der Waals surface area contributed by atoms with E-state index < -0.39 is 0 Å². The summed E-state index contributed by atoms with van der Waals surface area (Å²) in [5, 5.41) is 7.51. The molecule has 0 amide bonds. The first kappa shape index (κ1) is 16.3. The molecule has 0 radical (unpaired) electrons. The number of ether oxygens (including phenoxy) is 1. The summed E-state index contributed by atoms with van der Waals surface area (Å²) >= 11 is 7.80. The lowest BCUT2D eigenvalue weighted by Gasteiger charge is -2.18. The highest BCUT2D eigenvalue weighted by Crippen LogP contribution is 2.28. The Balaban J connectivity index is 2.24. The van der Waals surface area contributed by atoms with Crippen LogP contribution in [0.4, 0.5) is 0 Å². The summed E-state index contributed by atoms with van der Waals surface area (Å²) in [6.45, 7) is 5.16. The molecular weight excluding hydrogens is 304 g/mol. The Bertz CT molecular complexity index is 585. The van der Waals surface area contributed by atoms with Crippen molar-refractivity contribution in [3.8, 4) is 5.75 Å². The molecule has 0 aliphatic carbocycles. The van der Waals surface area contributed by atoms with Gasteiger partial charge in [0, 0.05) is 10.4 Å². The number of hydrogen-bond donors (Lipinski definition) is 1. The van der Waals surface area contributed by atoms with Crippen molar-refractivity contribution in [3.63, 3.8) is 0 Å². The lowest BCUT2D eigenvalue weighted by molar-refractivity contribution is 0.405. The van der Waals surface area contributed by atoms with Crippen LogP contribution in [0.5, 0.6) is 5.75 Å². The van der Waals surface area contributed by atoms with Gasteiger partial charge < -0.3 is 10.1 Å². The smallest absolute Gasteiger partial charge is 0.122 e. The summed E-state index contributed by atoms with van der Waals surface area (Å²) in [6, 6.07) is 5.93. The van der Waals surface area contributed by atoms with Crippen molar-refractivity contribution < 1.29 is 4.74 Å². The van der Waals surface area contributed by atoms with E-state index in [-0.39, 0.29) is 6.04 Å². The molecule has 5 heteroatoms. The summed E-state index contributed by atoms with van der Waals surface area (Å²) in [5.74, 6) is 0.870. The minimum atomic E-state index is 0.183. The quantitative estimate of drug-likeness (QED) is 0.819. The predicted molar refractivity (Wildman–Crippen MR) is 89.6 cm³/mol. The third-order valence-electron chi connectivity index (χ3n) is 3.30. The molecule has 1 atom stereocenters. The fraction of sp³-hybridized carbons (Fsp3) is 0.438. The van der Waals surface area contributed by atoms with Gasteiger partial charge in [0.15, 0.2) is 0 Å². The van der Waals surface area contributed by atoms with Crippen LogP contribution in [0.3, 0.4) is 0 Å².